The van der Waals surface area contributed by atoms with E-state index in [1.165, 1.54) is 0 Å². The van der Waals surface area contributed by atoms with Gasteiger partial charge < -0.3 is 5.32 Å². The molecule has 26 heavy (non-hydrogen) atoms. The molecule has 2 aliphatic rings. The van der Waals surface area contributed by atoms with Gasteiger partial charge in [-0.25, -0.2) is 0 Å². The molecule has 134 valence electrons. The monoisotopic (exact) mass is 352 g/mol. The lowest BCUT2D eigenvalue weighted by Crippen LogP contribution is -2.38. The molecule has 7 heteroatoms. The smallest absolute Gasteiger partial charge is 0.244 e. The van der Waals surface area contributed by atoms with E-state index in [4.69, 9.17) is 0 Å². The molecule has 2 atom stereocenters. The third-order valence-electron chi connectivity index (χ3n) is 5.21. The van der Waals surface area contributed by atoms with E-state index >= 15 is 0 Å². The topological polar surface area (TPSA) is 95.2 Å². The van der Waals surface area contributed by atoms with E-state index in [2.05, 4.69) is 15.5 Å². The molecule has 1 aromatic heterocycles. The van der Waals surface area contributed by atoms with Gasteiger partial charge in [0.05, 0.1) is 17.5 Å². The fourth-order valence-corrected chi connectivity index (χ4v) is 3.88. The Labute approximate surface area is 150 Å². The molecule has 3 amide bonds. The molecule has 0 spiro atoms. The average molecular weight is 352 g/mol. The van der Waals surface area contributed by atoms with Crippen molar-refractivity contribution in [2.24, 2.45) is 11.8 Å². The minimum Gasteiger partial charge on any atom is -0.325 e. The van der Waals surface area contributed by atoms with Crippen molar-refractivity contribution in [1.82, 2.24) is 15.1 Å². The highest BCUT2D eigenvalue weighted by Gasteiger charge is 2.48. The lowest BCUT2D eigenvalue weighted by atomic mass is 9.81. The van der Waals surface area contributed by atoms with Gasteiger partial charge in [0.25, 0.3) is 0 Å². The quantitative estimate of drug-likeness (QED) is 0.825. The van der Waals surface area contributed by atoms with Crippen molar-refractivity contribution >= 4 is 23.4 Å². The summed E-state index contributed by atoms with van der Waals surface area (Å²) in [5.74, 6) is -1.19. The van der Waals surface area contributed by atoms with E-state index in [-0.39, 0.29) is 36.1 Å². The molecule has 7 nitrogen and oxygen atoms in total. The molecule has 0 radical (unpaired) electrons. The van der Waals surface area contributed by atoms with Crippen LogP contribution in [0.1, 0.15) is 25.7 Å². The average Bonchev–Trinajstić information content (AvgIpc) is 3.27. The molecule has 1 aromatic carbocycles. The Morgan fingerprint density at radius 2 is 1.73 bits per heavy atom. The van der Waals surface area contributed by atoms with Crippen LogP contribution < -0.4 is 5.32 Å². The van der Waals surface area contributed by atoms with Crippen LogP contribution >= 0.6 is 0 Å². The highest BCUT2D eigenvalue weighted by Crippen LogP contribution is 2.37. The van der Waals surface area contributed by atoms with Crippen molar-refractivity contribution in [3.05, 3.63) is 36.5 Å². The van der Waals surface area contributed by atoms with Crippen LogP contribution in [-0.4, -0.2) is 39.4 Å². The van der Waals surface area contributed by atoms with E-state index < -0.39 is 0 Å². The summed E-state index contributed by atoms with van der Waals surface area (Å²) in [6.45, 7) is -0.215. The predicted molar refractivity (Wildman–Crippen MR) is 94.8 cm³/mol. The van der Waals surface area contributed by atoms with Gasteiger partial charge in [-0.3, -0.25) is 24.4 Å². The number of nitrogens with zero attached hydrogens (tertiary/aromatic N) is 2. The van der Waals surface area contributed by atoms with E-state index in [1.54, 1.807) is 18.3 Å². The number of likely N-dealkylation sites (tertiary alicyclic amines) is 1. The van der Waals surface area contributed by atoms with Gasteiger partial charge >= 0.3 is 0 Å². The van der Waals surface area contributed by atoms with Crippen LogP contribution in [0, 0.1) is 11.8 Å². The Bertz CT molecular complexity index is 805. The Morgan fingerprint density at radius 1 is 1.08 bits per heavy atom. The maximum Gasteiger partial charge on any atom is 0.244 e. The normalized spacial score (nSPS) is 22.4. The van der Waals surface area contributed by atoms with Crippen LogP contribution in [0.25, 0.3) is 11.3 Å². The number of aromatic amines is 1. The van der Waals surface area contributed by atoms with Crippen molar-refractivity contribution in [1.29, 1.82) is 0 Å². The largest absolute Gasteiger partial charge is 0.325 e. The lowest BCUT2D eigenvalue weighted by Gasteiger charge is -2.19. The maximum absolute atomic E-state index is 12.4. The van der Waals surface area contributed by atoms with E-state index in [9.17, 15) is 14.4 Å². The van der Waals surface area contributed by atoms with Gasteiger partial charge in [0.1, 0.15) is 6.54 Å². The second-order valence-corrected chi connectivity index (χ2v) is 6.86. The number of hydrogen-bond donors (Lipinski definition) is 2. The van der Waals surface area contributed by atoms with E-state index in [0.717, 1.165) is 41.8 Å². The number of nitrogens with one attached hydrogen (secondary N) is 2. The number of hydrogen-bond acceptors (Lipinski definition) is 4. The summed E-state index contributed by atoms with van der Waals surface area (Å²) >= 11 is 0. The SMILES string of the molecule is O=C(CN1C(=O)C2CCCCC2C1=O)Nc1ccc(-c2ccn[nH]2)cc1. The van der Waals surface area contributed by atoms with E-state index in [0.29, 0.717) is 5.69 Å². The molecule has 2 unspecified atom stereocenters. The van der Waals surface area contributed by atoms with Crippen molar-refractivity contribution in [2.75, 3.05) is 11.9 Å². The first-order valence-corrected chi connectivity index (χ1v) is 8.88. The zero-order chi connectivity index (χ0) is 18.1. The van der Waals surface area contributed by atoms with Crippen LogP contribution in [-0.2, 0) is 14.4 Å². The summed E-state index contributed by atoms with van der Waals surface area (Å²) in [5, 5.41) is 9.54. The molecule has 1 aliphatic heterocycles. The second-order valence-electron chi connectivity index (χ2n) is 6.86. The minimum absolute atomic E-state index is 0.190. The Kier molecular flexibility index (Phi) is 4.28. The predicted octanol–water partition coefficient (Wildman–Crippen LogP) is 2.19. The fraction of sp³-hybridized carbons (Fsp3) is 0.368. The molecule has 2 N–H and O–H groups in total. The highest BCUT2D eigenvalue weighted by atomic mass is 16.2. The number of carbonyl (C=O) groups is 3. The maximum atomic E-state index is 12.4. The van der Waals surface area contributed by atoms with Crippen LogP contribution in [0.15, 0.2) is 36.5 Å². The Hall–Kier alpha value is -2.96. The van der Waals surface area contributed by atoms with Crippen LogP contribution in [0.4, 0.5) is 5.69 Å². The summed E-state index contributed by atoms with van der Waals surface area (Å²) in [5.41, 5.74) is 2.46. The van der Waals surface area contributed by atoms with Gasteiger partial charge in [-0.15, -0.1) is 0 Å². The Morgan fingerprint density at radius 3 is 2.31 bits per heavy atom. The molecule has 2 fully saturated rings. The second kappa shape index (κ2) is 6.74. The van der Waals surface area contributed by atoms with Gasteiger partial charge in [0, 0.05) is 11.9 Å². The van der Waals surface area contributed by atoms with Crippen LogP contribution in [0.2, 0.25) is 0 Å². The number of fused-ring (bicyclic) bond motifs is 1. The van der Waals surface area contributed by atoms with Gasteiger partial charge in [0.15, 0.2) is 0 Å². The lowest BCUT2D eigenvalue weighted by molar-refractivity contribution is -0.142. The van der Waals surface area contributed by atoms with Gasteiger partial charge in [0.2, 0.25) is 17.7 Å². The third-order valence-corrected chi connectivity index (χ3v) is 5.21. The first-order valence-electron chi connectivity index (χ1n) is 8.88. The fourth-order valence-electron chi connectivity index (χ4n) is 3.88. The van der Waals surface area contributed by atoms with Crippen molar-refractivity contribution < 1.29 is 14.4 Å². The number of benzene rings is 1. The van der Waals surface area contributed by atoms with Crippen molar-refractivity contribution in [2.45, 2.75) is 25.7 Å². The zero-order valence-electron chi connectivity index (χ0n) is 14.3. The molecule has 4 rings (SSSR count). The minimum atomic E-state index is -0.361. The summed E-state index contributed by atoms with van der Waals surface area (Å²) in [6, 6.07) is 9.15. The van der Waals surface area contributed by atoms with Crippen molar-refractivity contribution in [3.8, 4) is 11.3 Å². The number of imide groups is 1. The number of H-pyrrole nitrogens is 1. The number of amides is 3. The number of carbonyl (C=O) groups excluding carboxylic acids is 3. The molecule has 1 saturated heterocycles. The molecular formula is C19H20N4O3. The molecule has 1 saturated carbocycles. The summed E-state index contributed by atoms with van der Waals surface area (Å²) < 4.78 is 0. The molecule has 2 aromatic rings. The number of rotatable bonds is 4. The first-order chi connectivity index (χ1) is 12.6. The van der Waals surface area contributed by atoms with Gasteiger partial charge in [-0.05, 0) is 36.6 Å². The molecule has 2 heterocycles. The van der Waals surface area contributed by atoms with Gasteiger partial charge in [-0.2, -0.15) is 5.10 Å². The summed E-state index contributed by atoms with van der Waals surface area (Å²) in [4.78, 5) is 38.3. The molecule has 1 aliphatic carbocycles. The van der Waals surface area contributed by atoms with Crippen molar-refractivity contribution in [3.63, 3.8) is 0 Å². The summed E-state index contributed by atoms with van der Waals surface area (Å²) in [6.07, 6.45) is 5.13. The van der Waals surface area contributed by atoms with Gasteiger partial charge in [-0.1, -0.05) is 25.0 Å². The van der Waals surface area contributed by atoms with E-state index in [1.807, 2.05) is 18.2 Å². The first kappa shape index (κ1) is 16.5. The molecular weight excluding hydrogens is 332 g/mol. The molecule has 0 bridgehead atoms. The Balaban J connectivity index is 1.39. The van der Waals surface area contributed by atoms with Crippen LogP contribution in [0.5, 0.6) is 0 Å². The highest BCUT2D eigenvalue weighted by molar-refractivity contribution is 6.08. The number of anilines is 1. The third kappa shape index (κ3) is 3.00. The summed E-state index contributed by atoms with van der Waals surface area (Å²) in [7, 11) is 0. The zero-order valence-corrected chi connectivity index (χ0v) is 14.3. The van der Waals surface area contributed by atoms with Crippen LogP contribution in [0.3, 0.4) is 0 Å². The number of aromatic nitrogens is 2. The standard InChI is InChI=1S/C19H20N4O3/c24-17(11-23-18(25)14-3-1-2-4-15(14)19(23)26)21-13-7-5-12(6-8-13)16-9-10-20-22-16/h5-10,14-15H,1-4,11H2,(H,20,22)(H,21,24).